The highest BCUT2D eigenvalue weighted by atomic mass is 15.3. The van der Waals surface area contributed by atoms with Gasteiger partial charge in [0.05, 0.1) is 0 Å². The Morgan fingerprint density at radius 2 is 0.565 bits per heavy atom. The van der Waals surface area contributed by atoms with Crippen LogP contribution in [-0.2, 0) is 0 Å². The molecule has 2 aliphatic heterocycles. The first-order valence-electron chi connectivity index (χ1n) is 22.4. The lowest BCUT2D eigenvalue weighted by Crippen LogP contribution is -2.63. The van der Waals surface area contributed by atoms with Gasteiger partial charge < -0.3 is 0 Å². The van der Waals surface area contributed by atoms with Crippen LogP contribution >= 0.6 is 0 Å². The molecule has 2 saturated heterocycles. The summed E-state index contributed by atoms with van der Waals surface area (Å²) in [5.41, 5.74) is 0. The first-order chi connectivity index (χ1) is 22.9. The maximum Gasteiger partial charge on any atom is 0.154 e. The number of hydrogen-bond donors (Lipinski definition) is 0. The van der Waals surface area contributed by atoms with Gasteiger partial charge in [-0.05, 0) is 75.2 Å². The number of fused-ring (bicyclic) bond motifs is 5. The van der Waals surface area contributed by atoms with Crippen LogP contribution in [0.15, 0.2) is 0 Å². The summed E-state index contributed by atoms with van der Waals surface area (Å²) in [7, 11) is 0. The van der Waals surface area contributed by atoms with Crippen molar-refractivity contribution in [3.8, 4) is 0 Å². The van der Waals surface area contributed by atoms with Gasteiger partial charge in [-0.2, -0.15) is 0 Å². The fraction of sp³-hybridized carbons (Fsp3) is 1.00. The van der Waals surface area contributed by atoms with Gasteiger partial charge in [-0.1, -0.05) is 161 Å². The second-order valence-corrected chi connectivity index (χ2v) is 18.4. The lowest BCUT2D eigenvalue weighted by molar-refractivity contribution is 0.0214. The van der Waals surface area contributed by atoms with Crippen LogP contribution in [0, 0.1) is 0 Å². The molecule has 0 N–H and O–H groups in total. The number of hydrogen-bond acceptors (Lipinski definition) is 2. The van der Waals surface area contributed by atoms with Gasteiger partial charge in [-0.3, -0.25) is 9.80 Å². The van der Waals surface area contributed by atoms with Gasteiger partial charge in [-0.15, -0.1) is 0 Å². The summed E-state index contributed by atoms with van der Waals surface area (Å²) in [5, 5.41) is 0. The van der Waals surface area contributed by atoms with Crippen molar-refractivity contribution in [2.75, 3.05) is 0 Å². The molecular formula is C43H77BN2. The van der Waals surface area contributed by atoms with Gasteiger partial charge >= 0.3 is 0 Å². The lowest BCUT2D eigenvalue weighted by Gasteiger charge is -2.58. The van der Waals surface area contributed by atoms with Crippen LogP contribution < -0.4 is 0 Å². The van der Waals surface area contributed by atoms with Gasteiger partial charge in [0.1, 0.15) is 0 Å². The van der Waals surface area contributed by atoms with Gasteiger partial charge in [0, 0.05) is 36.3 Å². The fourth-order valence-electron chi connectivity index (χ4n) is 13.8. The van der Waals surface area contributed by atoms with E-state index in [0.717, 1.165) is 60.4 Å². The summed E-state index contributed by atoms with van der Waals surface area (Å²) in [6, 6.07) is 5.41. The SMILES string of the molecule is C1CCCC(N2C3CCCCCC4C(C3)B(C3CCCCCCCC32)C2CCCCCCCC2N4C2CCCCCCC2)CCC1. The molecule has 262 valence electrons. The van der Waals surface area contributed by atoms with Crippen LogP contribution in [0.25, 0.3) is 0 Å². The van der Waals surface area contributed by atoms with Crippen LogP contribution in [0.5, 0.6) is 0 Å². The second-order valence-electron chi connectivity index (χ2n) is 18.4. The Hall–Kier alpha value is -0.0151. The van der Waals surface area contributed by atoms with Crippen molar-refractivity contribution in [1.82, 2.24) is 9.80 Å². The number of nitrogens with zero attached hydrogens (tertiary/aromatic N) is 2. The Kier molecular flexibility index (Phi) is 13.3. The van der Waals surface area contributed by atoms with Crippen molar-refractivity contribution in [2.24, 2.45) is 0 Å². The lowest BCUT2D eigenvalue weighted by atomic mass is 9.22. The molecule has 0 radical (unpaired) electrons. The smallest absolute Gasteiger partial charge is 0.154 e. The zero-order valence-corrected chi connectivity index (χ0v) is 30.7. The summed E-state index contributed by atoms with van der Waals surface area (Å²) >= 11 is 0. The Labute approximate surface area is 287 Å². The van der Waals surface area contributed by atoms with Gasteiger partial charge in [0.2, 0.25) is 0 Å². The van der Waals surface area contributed by atoms with Crippen LogP contribution in [0.2, 0.25) is 17.5 Å². The van der Waals surface area contributed by atoms with E-state index in [9.17, 15) is 0 Å². The topological polar surface area (TPSA) is 6.48 Å². The van der Waals surface area contributed by atoms with E-state index in [4.69, 9.17) is 0 Å². The molecule has 5 saturated carbocycles. The van der Waals surface area contributed by atoms with Crippen LogP contribution in [0.3, 0.4) is 0 Å². The Bertz CT molecular complexity index is 841. The van der Waals surface area contributed by atoms with Crippen molar-refractivity contribution in [1.29, 1.82) is 0 Å². The molecule has 2 bridgehead atoms. The molecule has 7 atom stereocenters. The summed E-state index contributed by atoms with van der Waals surface area (Å²) in [6.45, 7) is 1.03. The molecule has 7 aliphatic rings. The van der Waals surface area contributed by atoms with Crippen LogP contribution in [-0.4, -0.2) is 52.8 Å². The predicted octanol–water partition coefficient (Wildman–Crippen LogP) is 12.8. The third kappa shape index (κ3) is 8.13. The summed E-state index contributed by atoms with van der Waals surface area (Å²) in [4.78, 5) is 6.91. The van der Waals surface area contributed by atoms with E-state index in [1.165, 1.54) is 167 Å². The molecule has 0 spiro atoms. The average molecular weight is 633 g/mol. The zero-order chi connectivity index (χ0) is 31.0. The summed E-state index contributed by atoms with van der Waals surface area (Å²) < 4.78 is 0. The highest BCUT2D eigenvalue weighted by Gasteiger charge is 2.58. The second kappa shape index (κ2) is 17.8. The maximum absolute atomic E-state index is 3.46. The minimum Gasteiger partial charge on any atom is -0.295 e. The largest absolute Gasteiger partial charge is 0.295 e. The van der Waals surface area contributed by atoms with E-state index in [0.29, 0.717) is 0 Å². The molecule has 0 amide bonds. The monoisotopic (exact) mass is 633 g/mol. The van der Waals surface area contributed by atoms with E-state index in [2.05, 4.69) is 9.80 Å². The highest BCUT2D eigenvalue weighted by molar-refractivity contribution is 6.64. The molecule has 0 aromatic rings. The van der Waals surface area contributed by atoms with Crippen molar-refractivity contribution < 1.29 is 0 Å². The Morgan fingerprint density at radius 1 is 0.261 bits per heavy atom. The average Bonchev–Trinajstić information content (AvgIpc) is 3.20. The van der Waals surface area contributed by atoms with Gasteiger partial charge in [0.25, 0.3) is 0 Å². The standard InChI is InChI=1S/C43H77BN2/c1-5-14-24-35(25-15-6-1)45-37-28-18-13-23-33-43-40(34-37)44(38-29-19-9-3-11-21-31-41(38)45)39-30-20-10-4-12-22-32-42(39)46(43)36-26-16-7-2-8-17-27-36/h35-43H,1-34H2. The van der Waals surface area contributed by atoms with Crippen LogP contribution in [0.1, 0.15) is 218 Å². The van der Waals surface area contributed by atoms with Gasteiger partial charge in [0.15, 0.2) is 6.71 Å². The minimum atomic E-state index is 0.889. The van der Waals surface area contributed by atoms with Crippen LogP contribution in [0.4, 0.5) is 0 Å². The first kappa shape index (κ1) is 34.4. The minimum absolute atomic E-state index is 0.889. The highest BCUT2D eigenvalue weighted by Crippen LogP contribution is 2.58. The van der Waals surface area contributed by atoms with Crippen molar-refractivity contribution >= 4 is 6.71 Å². The van der Waals surface area contributed by atoms with E-state index in [-0.39, 0.29) is 0 Å². The van der Waals surface area contributed by atoms with Crippen molar-refractivity contribution in [3.05, 3.63) is 0 Å². The molecule has 5 aliphatic carbocycles. The number of rotatable bonds is 2. The Balaban J connectivity index is 1.33. The van der Waals surface area contributed by atoms with E-state index in [1.54, 1.807) is 51.4 Å². The van der Waals surface area contributed by atoms with E-state index < -0.39 is 0 Å². The summed E-state index contributed by atoms with van der Waals surface area (Å²) in [5.74, 6) is 2.98. The molecular weight excluding hydrogens is 555 g/mol. The van der Waals surface area contributed by atoms with Crippen molar-refractivity contribution in [2.45, 2.75) is 272 Å². The quantitative estimate of drug-likeness (QED) is 0.280. The molecule has 3 heteroatoms. The molecule has 0 aromatic heterocycles. The molecule has 0 aromatic carbocycles. The molecule has 7 unspecified atom stereocenters. The molecule has 2 heterocycles. The predicted molar refractivity (Wildman–Crippen MR) is 200 cm³/mol. The molecule has 46 heavy (non-hydrogen) atoms. The zero-order valence-electron chi connectivity index (χ0n) is 30.7. The Morgan fingerprint density at radius 3 is 1.04 bits per heavy atom. The van der Waals surface area contributed by atoms with Gasteiger partial charge in [-0.25, -0.2) is 0 Å². The fourth-order valence-corrected chi connectivity index (χ4v) is 13.8. The van der Waals surface area contributed by atoms with Crippen molar-refractivity contribution in [3.63, 3.8) is 0 Å². The third-order valence-corrected chi connectivity index (χ3v) is 15.7. The first-order valence-corrected chi connectivity index (χ1v) is 22.4. The summed E-state index contributed by atoms with van der Waals surface area (Å²) in [6.07, 6.45) is 52.0. The molecule has 7 rings (SSSR count). The molecule has 2 nitrogen and oxygen atoms in total. The third-order valence-electron chi connectivity index (χ3n) is 15.7. The molecule has 7 fully saturated rings. The van der Waals surface area contributed by atoms with E-state index in [1.807, 2.05) is 0 Å². The normalized spacial score (nSPS) is 39.7. The van der Waals surface area contributed by atoms with E-state index >= 15 is 0 Å². The maximum atomic E-state index is 3.46.